The molecule has 0 aromatic rings. The topological polar surface area (TPSA) is 61.4 Å². The molecule has 15 heavy (non-hydrogen) atoms. The summed E-state index contributed by atoms with van der Waals surface area (Å²) < 4.78 is 24.3. The summed E-state index contributed by atoms with van der Waals surface area (Å²) in [4.78, 5) is 2.36. The lowest BCUT2D eigenvalue weighted by Gasteiger charge is -2.16. The van der Waals surface area contributed by atoms with Crippen LogP contribution >= 0.6 is 0 Å². The van der Waals surface area contributed by atoms with Crippen LogP contribution in [0.25, 0.3) is 0 Å². The highest BCUT2D eigenvalue weighted by Crippen LogP contribution is 2.25. The molecular formula is C9H19N3O2S. The van der Waals surface area contributed by atoms with Gasteiger partial charge in [0.15, 0.2) is 0 Å². The van der Waals surface area contributed by atoms with E-state index in [4.69, 9.17) is 0 Å². The Morgan fingerprint density at radius 2 is 1.93 bits per heavy atom. The largest absolute Gasteiger partial charge is 0.316 e. The quantitative estimate of drug-likeness (QED) is 0.633. The molecule has 2 atom stereocenters. The minimum atomic E-state index is -3.02. The van der Waals surface area contributed by atoms with Crippen molar-refractivity contribution >= 4 is 10.0 Å². The number of hydrogen-bond acceptors (Lipinski definition) is 4. The fraction of sp³-hybridized carbons (Fsp3) is 1.00. The van der Waals surface area contributed by atoms with Gasteiger partial charge in [0.2, 0.25) is 10.0 Å². The van der Waals surface area contributed by atoms with Gasteiger partial charge < -0.3 is 10.2 Å². The third kappa shape index (κ3) is 3.14. The van der Waals surface area contributed by atoms with Crippen LogP contribution in [0, 0.1) is 11.8 Å². The molecule has 2 aliphatic heterocycles. The van der Waals surface area contributed by atoms with Crippen LogP contribution in [0.2, 0.25) is 0 Å². The van der Waals surface area contributed by atoms with E-state index in [1.54, 1.807) is 0 Å². The lowest BCUT2D eigenvalue weighted by molar-refractivity contribution is 0.318. The molecule has 0 radical (unpaired) electrons. The minimum Gasteiger partial charge on any atom is -0.316 e. The predicted molar refractivity (Wildman–Crippen MR) is 59.1 cm³/mol. The van der Waals surface area contributed by atoms with Crippen molar-refractivity contribution in [1.82, 2.24) is 14.9 Å². The van der Waals surface area contributed by atoms with Crippen LogP contribution in [0.15, 0.2) is 0 Å². The number of nitrogens with zero attached hydrogens (tertiary/aromatic N) is 1. The highest BCUT2D eigenvalue weighted by Gasteiger charge is 2.35. The molecule has 2 fully saturated rings. The first-order valence-corrected chi connectivity index (χ1v) is 7.31. The standard InChI is InChI=1S/C9H19N3O2S/c1-15(13,14)11-2-3-12-6-8-4-10-5-9(8)7-12/h8-11H,2-7H2,1H3/t8-,9+. The van der Waals surface area contributed by atoms with Crippen LogP contribution < -0.4 is 10.0 Å². The Hall–Kier alpha value is -0.170. The zero-order valence-corrected chi connectivity index (χ0v) is 9.89. The molecule has 2 aliphatic rings. The monoisotopic (exact) mass is 233 g/mol. The molecule has 0 unspecified atom stereocenters. The third-order valence-corrected chi connectivity index (χ3v) is 3.99. The van der Waals surface area contributed by atoms with Gasteiger partial charge in [0.1, 0.15) is 0 Å². The molecule has 0 aromatic heterocycles. The number of likely N-dealkylation sites (tertiary alicyclic amines) is 1. The summed E-state index contributed by atoms with van der Waals surface area (Å²) in [5, 5.41) is 3.39. The smallest absolute Gasteiger partial charge is 0.208 e. The molecule has 2 heterocycles. The van der Waals surface area contributed by atoms with Gasteiger partial charge in [0.05, 0.1) is 6.26 Å². The Bertz CT molecular complexity index is 305. The van der Waals surface area contributed by atoms with Crippen molar-refractivity contribution in [2.75, 3.05) is 45.5 Å². The van der Waals surface area contributed by atoms with Crippen molar-refractivity contribution in [2.45, 2.75) is 0 Å². The fourth-order valence-corrected chi connectivity index (χ4v) is 2.99. The van der Waals surface area contributed by atoms with Gasteiger partial charge in [-0.3, -0.25) is 0 Å². The summed E-state index contributed by atoms with van der Waals surface area (Å²) >= 11 is 0. The Morgan fingerprint density at radius 3 is 2.47 bits per heavy atom. The molecule has 0 aromatic carbocycles. The summed E-state index contributed by atoms with van der Waals surface area (Å²) in [6.45, 7) is 5.85. The van der Waals surface area contributed by atoms with Gasteiger partial charge in [0, 0.05) is 26.2 Å². The van der Waals surface area contributed by atoms with Gasteiger partial charge >= 0.3 is 0 Å². The summed E-state index contributed by atoms with van der Waals surface area (Å²) in [5.41, 5.74) is 0. The van der Waals surface area contributed by atoms with E-state index in [1.807, 2.05) is 0 Å². The molecule has 2 rings (SSSR count). The van der Waals surface area contributed by atoms with Gasteiger partial charge in [0.25, 0.3) is 0 Å². The lowest BCUT2D eigenvalue weighted by Crippen LogP contribution is -2.34. The van der Waals surface area contributed by atoms with E-state index >= 15 is 0 Å². The number of sulfonamides is 1. The minimum absolute atomic E-state index is 0.533. The first kappa shape index (κ1) is 11.3. The fourth-order valence-electron chi connectivity index (χ4n) is 2.52. The Labute approximate surface area is 91.3 Å². The number of fused-ring (bicyclic) bond motifs is 1. The maximum atomic E-state index is 10.9. The van der Waals surface area contributed by atoms with E-state index in [0.29, 0.717) is 6.54 Å². The van der Waals surface area contributed by atoms with E-state index < -0.39 is 10.0 Å². The van der Waals surface area contributed by atoms with E-state index in [-0.39, 0.29) is 0 Å². The van der Waals surface area contributed by atoms with Crippen molar-refractivity contribution in [3.05, 3.63) is 0 Å². The number of nitrogens with one attached hydrogen (secondary N) is 2. The highest BCUT2D eigenvalue weighted by molar-refractivity contribution is 7.88. The lowest BCUT2D eigenvalue weighted by atomic mass is 10.0. The number of rotatable bonds is 4. The first-order chi connectivity index (χ1) is 7.04. The molecule has 0 amide bonds. The Kier molecular flexibility index (Phi) is 3.30. The summed E-state index contributed by atoms with van der Waals surface area (Å²) in [6, 6.07) is 0. The van der Waals surface area contributed by atoms with Crippen LogP contribution in [0.4, 0.5) is 0 Å². The zero-order chi connectivity index (χ0) is 10.9. The molecule has 88 valence electrons. The molecule has 6 heteroatoms. The van der Waals surface area contributed by atoms with E-state index in [2.05, 4.69) is 14.9 Å². The zero-order valence-electron chi connectivity index (χ0n) is 9.07. The van der Waals surface area contributed by atoms with Gasteiger partial charge in [-0.25, -0.2) is 13.1 Å². The summed E-state index contributed by atoms with van der Waals surface area (Å²) in [5.74, 6) is 1.56. The maximum absolute atomic E-state index is 10.9. The second-order valence-corrected chi connectivity index (χ2v) is 6.44. The second kappa shape index (κ2) is 4.37. The third-order valence-electron chi connectivity index (χ3n) is 3.26. The summed E-state index contributed by atoms with van der Waals surface area (Å²) in [7, 11) is -3.02. The van der Waals surface area contributed by atoms with E-state index in [9.17, 15) is 8.42 Å². The average Bonchev–Trinajstić information content (AvgIpc) is 2.60. The van der Waals surface area contributed by atoms with Crippen LogP contribution in [-0.2, 0) is 10.0 Å². The van der Waals surface area contributed by atoms with E-state index in [0.717, 1.165) is 44.6 Å². The maximum Gasteiger partial charge on any atom is 0.208 e. The van der Waals surface area contributed by atoms with Crippen molar-refractivity contribution < 1.29 is 8.42 Å². The number of hydrogen-bond donors (Lipinski definition) is 2. The van der Waals surface area contributed by atoms with E-state index in [1.165, 1.54) is 6.26 Å². The molecule has 2 N–H and O–H groups in total. The van der Waals surface area contributed by atoms with Crippen molar-refractivity contribution in [3.8, 4) is 0 Å². The van der Waals surface area contributed by atoms with Crippen LogP contribution in [-0.4, -0.2) is 58.8 Å². The van der Waals surface area contributed by atoms with Crippen molar-refractivity contribution in [1.29, 1.82) is 0 Å². The highest BCUT2D eigenvalue weighted by atomic mass is 32.2. The predicted octanol–water partition coefficient (Wildman–Crippen LogP) is -1.31. The molecule has 0 bridgehead atoms. The average molecular weight is 233 g/mol. The Morgan fingerprint density at radius 1 is 1.33 bits per heavy atom. The van der Waals surface area contributed by atoms with Gasteiger partial charge in [-0.05, 0) is 24.9 Å². The first-order valence-electron chi connectivity index (χ1n) is 5.42. The van der Waals surface area contributed by atoms with Crippen molar-refractivity contribution in [3.63, 3.8) is 0 Å². The SMILES string of the molecule is CS(=O)(=O)NCCN1C[C@H]2CNC[C@H]2C1. The molecule has 0 spiro atoms. The van der Waals surface area contributed by atoms with Gasteiger partial charge in [-0.1, -0.05) is 0 Å². The van der Waals surface area contributed by atoms with Crippen LogP contribution in [0.1, 0.15) is 0 Å². The van der Waals surface area contributed by atoms with Gasteiger partial charge in [-0.2, -0.15) is 0 Å². The summed E-state index contributed by atoms with van der Waals surface area (Å²) in [6.07, 6.45) is 1.20. The van der Waals surface area contributed by atoms with Crippen molar-refractivity contribution in [2.24, 2.45) is 11.8 Å². The Balaban J connectivity index is 1.69. The molecule has 0 aliphatic carbocycles. The molecule has 2 saturated heterocycles. The molecular weight excluding hydrogens is 214 g/mol. The van der Waals surface area contributed by atoms with Gasteiger partial charge in [-0.15, -0.1) is 0 Å². The molecule has 0 saturated carbocycles. The normalized spacial score (nSPS) is 32.1. The van der Waals surface area contributed by atoms with Crippen LogP contribution in [0.3, 0.4) is 0 Å². The molecule has 5 nitrogen and oxygen atoms in total. The van der Waals surface area contributed by atoms with Crippen LogP contribution in [0.5, 0.6) is 0 Å². The second-order valence-electron chi connectivity index (χ2n) is 4.60.